The normalized spacial score (nSPS) is 15.4. The summed E-state index contributed by atoms with van der Waals surface area (Å²) in [4.78, 5) is 17.4. The quantitative estimate of drug-likeness (QED) is 0.632. The standard InChI is InChI=1S/C20H20ClN3O4S2/c1-12-9-13(2)18-17(10-12)29-20(22-18)23-19(25)15-11-14(3-4-16(15)21)30(26,27)24-5-7-28-8-6-24/h3-4,9-11H,5-8H2,1-2H3,(H,22,23,25). The molecule has 0 atom stereocenters. The predicted molar refractivity (Wildman–Crippen MR) is 118 cm³/mol. The molecule has 0 bridgehead atoms. The van der Waals surface area contributed by atoms with Gasteiger partial charge in [-0.2, -0.15) is 4.31 Å². The van der Waals surface area contributed by atoms with Gasteiger partial charge in [-0.1, -0.05) is 29.0 Å². The minimum atomic E-state index is -3.74. The summed E-state index contributed by atoms with van der Waals surface area (Å²) < 4.78 is 33.3. The van der Waals surface area contributed by atoms with Crippen molar-refractivity contribution in [2.45, 2.75) is 18.7 Å². The summed E-state index contributed by atoms with van der Waals surface area (Å²) in [6, 6.07) is 8.19. The van der Waals surface area contributed by atoms with Gasteiger partial charge in [-0.3, -0.25) is 10.1 Å². The third-order valence-corrected chi connectivity index (χ3v) is 7.98. The molecule has 7 nitrogen and oxygen atoms in total. The number of rotatable bonds is 4. The number of ether oxygens (including phenoxy) is 1. The zero-order valence-electron chi connectivity index (χ0n) is 16.4. The van der Waals surface area contributed by atoms with E-state index < -0.39 is 15.9 Å². The number of nitrogens with zero attached hydrogens (tertiary/aromatic N) is 2. The Kier molecular flexibility index (Phi) is 5.82. The number of nitrogens with one attached hydrogen (secondary N) is 1. The third-order valence-electron chi connectivity index (χ3n) is 4.84. The second-order valence-corrected chi connectivity index (χ2v) is 10.4. The number of fused-ring (bicyclic) bond motifs is 1. The molecule has 0 unspecified atom stereocenters. The first-order chi connectivity index (χ1) is 14.3. The molecule has 3 aromatic rings. The monoisotopic (exact) mass is 465 g/mol. The van der Waals surface area contributed by atoms with Crippen LogP contribution in [0.4, 0.5) is 5.13 Å². The highest BCUT2D eigenvalue weighted by atomic mass is 35.5. The van der Waals surface area contributed by atoms with Crippen LogP contribution >= 0.6 is 22.9 Å². The Labute approximate surface area is 183 Å². The van der Waals surface area contributed by atoms with Crippen LogP contribution in [0.1, 0.15) is 21.5 Å². The molecule has 0 saturated carbocycles. The first kappa shape index (κ1) is 21.2. The van der Waals surface area contributed by atoms with Crippen molar-refractivity contribution in [2.24, 2.45) is 0 Å². The Hall–Kier alpha value is -2.04. The van der Waals surface area contributed by atoms with Crippen LogP contribution < -0.4 is 5.32 Å². The van der Waals surface area contributed by atoms with Gasteiger partial charge < -0.3 is 4.74 Å². The molecule has 1 aliphatic rings. The predicted octanol–water partition coefficient (Wildman–Crippen LogP) is 3.84. The maximum atomic E-state index is 12.9. The number of benzene rings is 2. The Balaban J connectivity index is 1.63. The summed E-state index contributed by atoms with van der Waals surface area (Å²) in [6.45, 7) is 5.21. The molecule has 1 N–H and O–H groups in total. The van der Waals surface area contributed by atoms with Gasteiger partial charge in [0.05, 0.1) is 38.9 Å². The summed E-state index contributed by atoms with van der Waals surface area (Å²) in [7, 11) is -3.74. The summed E-state index contributed by atoms with van der Waals surface area (Å²) in [5.41, 5.74) is 3.05. The fraction of sp³-hybridized carbons (Fsp3) is 0.300. The number of carbonyl (C=O) groups is 1. The number of hydrogen-bond acceptors (Lipinski definition) is 6. The molecule has 1 aromatic heterocycles. The molecule has 4 rings (SSSR count). The van der Waals surface area contributed by atoms with E-state index in [4.69, 9.17) is 16.3 Å². The van der Waals surface area contributed by atoms with E-state index in [0.717, 1.165) is 21.3 Å². The number of halogens is 1. The first-order valence-corrected chi connectivity index (χ1v) is 12.0. The van der Waals surface area contributed by atoms with Gasteiger partial charge in [-0.25, -0.2) is 13.4 Å². The number of morpholine rings is 1. The molecular weight excluding hydrogens is 446 g/mol. The average Bonchev–Trinajstić information content (AvgIpc) is 3.11. The van der Waals surface area contributed by atoms with E-state index >= 15 is 0 Å². The van der Waals surface area contributed by atoms with Crippen LogP contribution in [-0.4, -0.2) is 49.9 Å². The molecule has 2 aromatic carbocycles. The Morgan fingerprint density at radius 2 is 1.93 bits per heavy atom. The molecule has 0 aliphatic carbocycles. The zero-order valence-corrected chi connectivity index (χ0v) is 18.8. The minimum absolute atomic E-state index is 0.0229. The van der Waals surface area contributed by atoms with Gasteiger partial charge in [0.25, 0.3) is 5.91 Å². The van der Waals surface area contributed by atoms with Gasteiger partial charge in [0.15, 0.2) is 5.13 Å². The topological polar surface area (TPSA) is 88.6 Å². The van der Waals surface area contributed by atoms with Gasteiger partial charge in [0.2, 0.25) is 10.0 Å². The van der Waals surface area contributed by atoms with E-state index in [1.165, 1.54) is 33.8 Å². The van der Waals surface area contributed by atoms with Gasteiger partial charge in [0.1, 0.15) is 0 Å². The largest absolute Gasteiger partial charge is 0.379 e. The summed E-state index contributed by atoms with van der Waals surface area (Å²) >= 11 is 7.57. The van der Waals surface area contributed by atoms with Crippen LogP contribution in [0.25, 0.3) is 10.2 Å². The average molecular weight is 466 g/mol. The first-order valence-electron chi connectivity index (χ1n) is 9.32. The lowest BCUT2D eigenvalue weighted by atomic mass is 10.1. The van der Waals surface area contributed by atoms with Crippen molar-refractivity contribution in [2.75, 3.05) is 31.6 Å². The molecule has 30 heavy (non-hydrogen) atoms. The molecule has 2 heterocycles. The molecule has 158 valence electrons. The highest BCUT2D eigenvalue weighted by Crippen LogP contribution is 2.30. The second kappa shape index (κ2) is 8.24. The lowest BCUT2D eigenvalue weighted by Gasteiger charge is -2.26. The minimum Gasteiger partial charge on any atom is -0.379 e. The van der Waals surface area contributed by atoms with Crippen LogP contribution in [0.15, 0.2) is 35.2 Å². The molecule has 0 radical (unpaired) electrons. The highest BCUT2D eigenvalue weighted by Gasteiger charge is 2.27. The maximum absolute atomic E-state index is 12.9. The highest BCUT2D eigenvalue weighted by molar-refractivity contribution is 7.89. The van der Waals surface area contributed by atoms with E-state index in [9.17, 15) is 13.2 Å². The number of amides is 1. The Morgan fingerprint density at radius 1 is 1.20 bits per heavy atom. The van der Waals surface area contributed by atoms with Crippen molar-refractivity contribution < 1.29 is 17.9 Å². The van der Waals surface area contributed by atoms with Gasteiger partial charge in [-0.05, 0) is 49.2 Å². The van der Waals surface area contributed by atoms with Crippen molar-refractivity contribution in [3.8, 4) is 0 Å². The fourth-order valence-electron chi connectivity index (χ4n) is 3.36. The van der Waals surface area contributed by atoms with Crippen LogP contribution in [0.5, 0.6) is 0 Å². The molecule has 1 aliphatic heterocycles. The van der Waals surface area contributed by atoms with Gasteiger partial charge in [0, 0.05) is 13.1 Å². The number of aromatic nitrogens is 1. The summed E-state index contributed by atoms with van der Waals surface area (Å²) in [5, 5.41) is 3.35. The van der Waals surface area contributed by atoms with E-state index in [0.29, 0.717) is 18.3 Å². The lowest BCUT2D eigenvalue weighted by Crippen LogP contribution is -2.40. The molecule has 1 saturated heterocycles. The lowest BCUT2D eigenvalue weighted by molar-refractivity contribution is 0.0730. The van der Waals surface area contributed by atoms with Crippen LogP contribution in [0.3, 0.4) is 0 Å². The van der Waals surface area contributed by atoms with Crippen LogP contribution in [-0.2, 0) is 14.8 Å². The van der Waals surface area contributed by atoms with Crippen molar-refractivity contribution in [3.63, 3.8) is 0 Å². The van der Waals surface area contributed by atoms with Crippen molar-refractivity contribution in [1.82, 2.24) is 9.29 Å². The summed E-state index contributed by atoms with van der Waals surface area (Å²) in [5.74, 6) is -0.507. The van der Waals surface area contributed by atoms with E-state index in [2.05, 4.69) is 10.3 Å². The van der Waals surface area contributed by atoms with Crippen molar-refractivity contribution in [3.05, 3.63) is 52.0 Å². The van der Waals surface area contributed by atoms with Gasteiger partial charge in [-0.15, -0.1) is 0 Å². The number of hydrogen-bond donors (Lipinski definition) is 1. The third kappa shape index (κ3) is 4.08. The number of anilines is 1. The molecule has 0 spiro atoms. The SMILES string of the molecule is Cc1cc(C)c2nc(NC(=O)c3cc(S(=O)(=O)N4CCOCC4)ccc3Cl)sc2c1. The second-order valence-electron chi connectivity index (χ2n) is 7.06. The maximum Gasteiger partial charge on any atom is 0.259 e. The zero-order chi connectivity index (χ0) is 21.5. The number of sulfonamides is 1. The van der Waals surface area contributed by atoms with Crippen LogP contribution in [0.2, 0.25) is 5.02 Å². The molecular formula is C20H20ClN3O4S2. The smallest absolute Gasteiger partial charge is 0.259 e. The summed E-state index contributed by atoms with van der Waals surface area (Å²) in [6.07, 6.45) is 0. The number of aryl methyl sites for hydroxylation is 2. The van der Waals surface area contributed by atoms with Crippen LogP contribution in [0, 0.1) is 13.8 Å². The van der Waals surface area contributed by atoms with E-state index in [1.54, 1.807) is 0 Å². The number of carbonyl (C=O) groups excluding carboxylic acids is 1. The molecule has 10 heteroatoms. The molecule has 1 amide bonds. The van der Waals surface area contributed by atoms with E-state index in [-0.39, 0.29) is 28.6 Å². The van der Waals surface area contributed by atoms with E-state index in [1.807, 2.05) is 26.0 Å². The number of thiazole rings is 1. The van der Waals surface area contributed by atoms with Crippen molar-refractivity contribution >= 4 is 54.2 Å². The molecule has 1 fully saturated rings. The Morgan fingerprint density at radius 3 is 2.67 bits per heavy atom. The fourth-order valence-corrected chi connectivity index (χ4v) is 6.04. The Bertz CT molecular complexity index is 1230. The van der Waals surface area contributed by atoms with Crippen molar-refractivity contribution in [1.29, 1.82) is 0 Å². The van der Waals surface area contributed by atoms with Gasteiger partial charge >= 0.3 is 0 Å².